The average Bonchev–Trinajstić information content (AvgIpc) is 2.97. The van der Waals surface area contributed by atoms with Gasteiger partial charge in [0.2, 0.25) is 0 Å². The van der Waals surface area contributed by atoms with Gasteiger partial charge >= 0.3 is 26.2 Å². The molecule has 0 aromatic rings. The van der Waals surface area contributed by atoms with Gasteiger partial charge in [-0.1, -0.05) is 20.8 Å². The molecular weight excluding hydrogens is 746 g/mol. The van der Waals surface area contributed by atoms with Gasteiger partial charge in [0, 0.05) is 0 Å². The Kier molecular flexibility index (Phi) is 35.3. The second-order valence-corrected chi connectivity index (χ2v) is 13.0. The third-order valence-electron chi connectivity index (χ3n) is 5.26. The molecule has 0 aliphatic heterocycles. The van der Waals surface area contributed by atoms with Crippen molar-refractivity contribution in [3.8, 4) is 0 Å². The zero-order chi connectivity index (χ0) is 35.5. The first kappa shape index (κ1) is 51.1. The molecule has 46 heavy (non-hydrogen) atoms. The number of hydrogen-bond donors (Lipinski definition) is 3. The Morgan fingerprint density at radius 1 is 0.478 bits per heavy atom. The van der Waals surface area contributed by atoms with Crippen LogP contribution < -0.4 is 32.5 Å². The van der Waals surface area contributed by atoms with Crippen molar-refractivity contribution >= 4 is 87.9 Å². The molecule has 3 atom stereocenters. The molecule has 0 heterocycles. The van der Waals surface area contributed by atoms with E-state index in [0.717, 1.165) is 34.5 Å². The van der Waals surface area contributed by atoms with Crippen molar-refractivity contribution in [1.29, 1.82) is 0 Å². The van der Waals surface area contributed by atoms with Crippen LogP contribution in [-0.2, 0) is 69.4 Å². The summed E-state index contributed by atoms with van der Waals surface area (Å²) in [5, 5.41) is 30.2. The van der Waals surface area contributed by atoms with Gasteiger partial charge in [0.1, 0.15) is 17.9 Å². The van der Waals surface area contributed by atoms with E-state index in [1.807, 2.05) is 20.8 Å². The summed E-state index contributed by atoms with van der Waals surface area (Å²) < 4.78 is 0. The van der Waals surface area contributed by atoms with E-state index in [0.29, 0.717) is 19.3 Å². The van der Waals surface area contributed by atoms with Crippen LogP contribution in [0.5, 0.6) is 0 Å². The van der Waals surface area contributed by atoms with Gasteiger partial charge in [-0.05, 0) is 53.8 Å². The van der Waals surface area contributed by atoms with E-state index in [9.17, 15) is 58.5 Å². The van der Waals surface area contributed by atoms with Crippen LogP contribution in [0.2, 0.25) is 0 Å². The Labute approximate surface area is 300 Å². The molecular formula is C27H42N3O12S3Zr. The zero-order valence-corrected chi connectivity index (χ0v) is 31.0. The van der Waals surface area contributed by atoms with Crippen molar-refractivity contribution in [1.82, 2.24) is 0 Å². The van der Waals surface area contributed by atoms with Gasteiger partial charge in [-0.15, -0.1) is 0 Å². The number of carbonyl (C=O) groups is 9. The fourth-order valence-electron chi connectivity index (χ4n) is 2.63. The first-order chi connectivity index (χ1) is 21.0. The number of thioether (sulfide) groups is 3. The quantitative estimate of drug-likeness (QED) is 0.0480. The number of Topliss-reactive ketones (excluding diaryl/α,β-unsaturated/α-hetero) is 6. The van der Waals surface area contributed by atoms with Gasteiger partial charge in [0.05, 0.1) is 37.4 Å². The van der Waals surface area contributed by atoms with Crippen molar-refractivity contribution in [2.75, 3.05) is 34.5 Å². The summed E-state index contributed by atoms with van der Waals surface area (Å²) in [6.07, 6.45) is -0.631. The summed E-state index contributed by atoms with van der Waals surface area (Å²) in [6, 6.07) is -2.27. The minimum atomic E-state index is -1.83. The molecule has 0 aromatic heterocycles. The van der Waals surface area contributed by atoms with Crippen molar-refractivity contribution in [3.63, 3.8) is 0 Å². The molecule has 19 heteroatoms. The van der Waals surface area contributed by atoms with Crippen LogP contribution in [0.25, 0.3) is 0 Å². The van der Waals surface area contributed by atoms with E-state index in [4.69, 9.17) is 17.2 Å². The summed E-state index contributed by atoms with van der Waals surface area (Å²) in [5.74, 6) is -5.79. The monoisotopic (exact) mass is 786 g/mol. The van der Waals surface area contributed by atoms with E-state index in [-0.39, 0.29) is 26.2 Å². The van der Waals surface area contributed by atoms with Gasteiger partial charge in [-0.25, -0.2) is 0 Å². The first-order valence-corrected chi connectivity index (χ1v) is 17.2. The minimum Gasteiger partial charge on any atom is -0.542 e. The number of ketones is 6. The minimum absolute atomic E-state index is 0. The van der Waals surface area contributed by atoms with Crippen LogP contribution in [0.15, 0.2) is 0 Å². The van der Waals surface area contributed by atoms with Gasteiger partial charge in [0.15, 0.2) is 34.7 Å². The maximum absolute atomic E-state index is 11.2. The van der Waals surface area contributed by atoms with Crippen molar-refractivity contribution in [2.24, 2.45) is 17.2 Å². The largest absolute Gasteiger partial charge is 3.00 e. The Hall–Kier alpha value is -1.76. The summed E-state index contributed by atoms with van der Waals surface area (Å²) in [6.45, 7) is 5.95. The van der Waals surface area contributed by atoms with E-state index in [2.05, 4.69) is 0 Å². The van der Waals surface area contributed by atoms with Crippen LogP contribution in [0.4, 0.5) is 0 Å². The van der Waals surface area contributed by atoms with Crippen LogP contribution in [-0.4, -0.2) is 105 Å². The predicted molar refractivity (Wildman–Crippen MR) is 166 cm³/mol. The van der Waals surface area contributed by atoms with Crippen LogP contribution in [0.1, 0.15) is 59.3 Å². The molecule has 0 aliphatic rings. The van der Waals surface area contributed by atoms with Gasteiger partial charge in [-0.2, -0.15) is 35.3 Å². The summed E-state index contributed by atoms with van der Waals surface area (Å²) in [5.41, 5.74) is 16.4. The van der Waals surface area contributed by atoms with Crippen LogP contribution in [0.3, 0.4) is 0 Å². The van der Waals surface area contributed by atoms with Crippen molar-refractivity contribution in [3.05, 3.63) is 0 Å². The number of hydrogen-bond acceptors (Lipinski definition) is 18. The average molecular weight is 788 g/mol. The number of carboxylic acids is 3. The number of nitrogens with two attached hydrogens (primary N) is 3. The van der Waals surface area contributed by atoms with Crippen LogP contribution >= 0.6 is 35.3 Å². The Morgan fingerprint density at radius 3 is 0.826 bits per heavy atom. The van der Waals surface area contributed by atoms with Gasteiger partial charge in [0.25, 0.3) is 0 Å². The molecule has 0 rings (SSSR count). The molecule has 6 N–H and O–H groups in total. The van der Waals surface area contributed by atoms with Crippen molar-refractivity contribution in [2.45, 2.75) is 77.4 Å². The molecule has 259 valence electrons. The fraction of sp³-hybridized carbons (Fsp3) is 0.667. The fourth-order valence-corrected chi connectivity index (χ4v) is 4.76. The topological polar surface area (TPSA) is 301 Å². The van der Waals surface area contributed by atoms with E-state index >= 15 is 0 Å². The second-order valence-electron chi connectivity index (χ2n) is 8.84. The van der Waals surface area contributed by atoms with E-state index < -0.39 is 90.0 Å². The summed E-state index contributed by atoms with van der Waals surface area (Å²) in [4.78, 5) is 95.7. The van der Waals surface area contributed by atoms with Gasteiger partial charge < -0.3 is 46.9 Å². The molecule has 0 bridgehead atoms. The predicted octanol–water partition coefficient (Wildman–Crippen LogP) is -3.80. The smallest absolute Gasteiger partial charge is 0.542 e. The molecule has 0 fully saturated rings. The molecule has 1 radical (unpaired) electrons. The molecule has 0 spiro atoms. The number of aliphatic carboxylic acids is 3. The molecule has 0 aliphatic carbocycles. The molecule has 0 saturated heterocycles. The van der Waals surface area contributed by atoms with Crippen molar-refractivity contribution < 1.29 is 84.7 Å². The molecule has 0 unspecified atom stereocenters. The Morgan fingerprint density at radius 2 is 0.674 bits per heavy atom. The third-order valence-corrected chi connectivity index (χ3v) is 8.06. The molecule has 0 aromatic carbocycles. The summed E-state index contributed by atoms with van der Waals surface area (Å²) >= 11 is 4.90. The van der Waals surface area contributed by atoms with Gasteiger partial charge in [-0.3, -0.25) is 28.8 Å². The molecule has 0 saturated carbocycles. The first-order valence-electron chi connectivity index (χ1n) is 13.8. The Bertz CT molecular complexity index is 894. The SMILES string of the molecule is CCSCC[C@H](N)C(=O)CC(=O)C(=O)[O-].CCSCC[C@H](N)C(=O)CC(=O)C(=O)[O-].CCSCC[C@H](N)C(=O)CC(=O)C(=O)[O-].[Zr+3]. The molecule has 15 nitrogen and oxygen atoms in total. The van der Waals surface area contributed by atoms with E-state index in [1.165, 1.54) is 0 Å². The molecule has 0 amide bonds. The zero-order valence-electron chi connectivity index (χ0n) is 26.1. The maximum Gasteiger partial charge on any atom is 3.00 e. The maximum atomic E-state index is 11.2. The van der Waals surface area contributed by atoms with E-state index in [1.54, 1.807) is 35.3 Å². The normalized spacial score (nSPS) is 11.9. The Balaban J connectivity index is -0.000000285. The second kappa shape index (κ2) is 31.8. The number of carboxylic acid groups (broad SMARTS) is 3. The summed E-state index contributed by atoms with van der Waals surface area (Å²) in [7, 11) is 0. The standard InChI is InChI=1S/3C9H15NO4S.Zr/c3*1-2-15-4-3-6(10)7(11)5-8(12)9(13)14;/h3*6H,2-5,10H2,1H3,(H,13,14);/q;;;+3/p-3/t3*6-;/m000./s1. The van der Waals surface area contributed by atoms with Crippen LogP contribution in [0, 0.1) is 0 Å². The number of carbonyl (C=O) groups excluding carboxylic acids is 9. The third kappa shape index (κ3) is 29.6. The number of rotatable bonds is 24.